The van der Waals surface area contributed by atoms with E-state index >= 15 is 0 Å². The number of hydrogen-bond acceptors (Lipinski definition) is 4. The van der Waals surface area contributed by atoms with Crippen LogP contribution in [-0.2, 0) is 17.8 Å². The molecule has 0 radical (unpaired) electrons. The molecule has 0 N–H and O–H groups in total. The Kier molecular flexibility index (Phi) is 7.28. The maximum atomic E-state index is 13.4. The monoisotopic (exact) mass is 471 g/mol. The lowest BCUT2D eigenvalue weighted by molar-refractivity contribution is 0.0285. The summed E-state index contributed by atoms with van der Waals surface area (Å²) in [4.78, 5) is 19.9. The number of nitrogens with zero attached hydrogens (tertiary/aromatic N) is 3. The van der Waals surface area contributed by atoms with Crippen LogP contribution < -0.4 is 4.90 Å². The van der Waals surface area contributed by atoms with Gasteiger partial charge in [0.25, 0.3) is 0 Å². The van der Waals surface area contributed by atoms with Crippen LogP contribution in [0.1, 0.15) is 32.0 Å². The van der Waals surface area contributed by atoms with Crippen LogP contribution in [0.2, 0.25) is 5.02 Å². The summed E-state index contributed by atoms with van der Waals surface area (Å²) >= 11 is 9.60. The molecule has 0 bridgehead atoms. The maximum absolute atomic E-state index is 13.4. The van der Waals surface area contributed by atoms with Gasteiger partial charge in [-0.15, -0.1) is 0 Å². The van der Waals surface area contributed by atoms with Crippen LogP contribution in [-0.4, -0.2) is 35.7 Å². The lowest BCUT2D eigenvalue weighted by Crippen LogP contribution is -2.34. The lowest BCUT2D eigenvalue weighted by atomic mass is 10.1. The van der Waals surface area contributed by atoms with E-state index in [0.717, 1.165) is 11.3 Å². The van der Waals surface area contributed by atoms with Gasteiger partial charge in [0.05, 0.1) is 29.5 Å². The van der Waals surface area contributed by atoms with Crippen molar-refractivity contribution >= 4 is 39.3 Å². The van der Waals surface area contributed by atoms with Gasteiger partial charge in [-0.1, -0.05) is 17.7 Å². The molecule has 1 aromatic heterocycles. The van der Waals surface area contributed by atoms with E-state index in [0.29, 0.717) is 21.7 Å². The highest BCUT2D eigenvalue weighted by Gasteiger charge is 2.22. The standard InChI is InChI=1S/C20H24BrClFN3O2/c1-20(2,3)28-19(27)26(5)12-14-16(22)7-6-8-18(14)25(4)11-13-9-15(21)17(23)10-24-13/h6-10H,11-12H2,1-5H3. The Morgan fingerprint density at radius 3 is 2.57 bits per heavy atom. The molecule has 0 unspecified atom stereocenters. The molecule has 0 saturated carbocycles. The van der Waals surface area contributed by atoms with E-state index in [1.807, 2.05) is 44.9 Å². The number of hydrogen-bond donors (Lipinski definition) is 0. The molecular weight excluding hydrogens is 449 g/mol. The van der Waals surface area contributed by atoms with E-state index in [9.17, 15) is 9.18 Å². The van der Waals surface area contributed by atoms with Crippen LogP contribution in [0.5, 0.6) is 0 Å². The van der Waals surface area contributed by atoms with Crippen LogP contribution >= 0.6 is 27.5 Å². The molecule has 0 atom stereocenters. The summed E-state index contributed by atoms with van der Waals surface area (Å²) in [6, 6.07) is 7.19. The summed E-state index contributed by atoms with van der Waals surface area (Å²) in [6.07, 6.45) is 0.757. The largest absolute Gasteiger partial charge is 0.444 e. The summed E-state index contributed by atoms with van der Waals surface area (Å²) in [6.45, 7) is 6.20. The molecule has 8 heteroatoms. The Balaban J connectivity index is 2.22. The fourth-order valence-corrected chi connectivity index (χ4v) is 3.17. The molecule has 2 rings (SSSR count). The number of carbonyl (C=O) groups excluding carboxylic acids is 1. The molecule has 5 nitrogen and oxygen atoms in total. The molecule has 0 saturated heterocycles. The highest BCUT2D eigenvalue weighted by atomic mass is 79.9. The lowest BCUT2D eigenvalue weighted by Gasteiger charge is -2.27. The fraction of sp³-hybridized carbons (Fsp3) is 0.400. The third kappa shape index (κ3) is 6.07. The summed E-state index contributed by atoms with van der Waals surface area (Å²) < 4.78 is 19.2. The van der Waals surface area contributed by atoms with Gasteiger partial charge in [-0.25, -0.2) is 9.18 Å². The molecule has 152 valence electrons. The number of pyridine rings is 1. The topological polar surface area (TPSA) is 45.7 Å². The summed E-state index contributed by atoms with van der Waals surface area (Å²) in [5.74, 6) is -0.408. The van der Waals surface area contributed by atoms with Crippen molar-refractivity contribution in [1.82, 2.24) is 9.88 Å². The number of anilines is 1. The Morgan fingerprint density at radius 2 is 1.96 bits per heavy atom. The summed E-state index contributed by atoms with van der Waals surface area (Å²) in [5, 5.41) is 0.549. The second kappa shape index (κ2) is 9.09. The number of rotatable bonds is 5. The van der Waals surface area contributed by atoms with E-state index in [-0.39, 0.29) is 6.54 Å². The minimum absolute atomic E-state index is 0.287. The number of ether oxygens (including phenoxy) is 1. The highest BCUT2D eigenvalue weighted by Crippen LogP contribution is 2.29. The first-order valence-electron chi connectivity index (χ1n) is 8.70. The highest BCUT2D eigenvalue weighted by molar-refractivity contribution is 9.10. The number of carbonyl (C=O) groups is 1. The van der Waals surface area contributed by atoms with Gasteiger partial charge in [-0.2, -0.15) is 0 Å². The Morgan fingerprint density at radius 1 is 1.29 bits per heavy atom. The van der Waals surface area contributed by atoms with Crippen LogP contribution in [0, 0.1) is 5.82 Å². The van der Waals surface area contributed by atoms with E-state index in [4.69, 9.17) is 16.3 Å². The van der Waals surface area contributed by atoms with E-state index < -0.39 is 17.5 Å². The van der Waals surface area contributed by atoms with Gasteiger partial charge in [0.2, 0.25) is 0 Å². The quantitative estimate of drug-likeness (QED) is 0.565. The zero-order valence-corrected chi connectivity index (χ0v) is 18.9. The molecule has 28 heavy (non-hydrogen) atoms. The Hall–Kier alpha value is -1.86. The van der Waals surface area contributed by atoms with Gasteiger partial charge in [-0.05, 0) is 54.9 Å². The molecule has 1 aromatic carbocycles. The van der Waals surface area contributed by atoms with Gasteiger partial charge >= 0.3 is 6.09 Å². The SMILES string of the molecule is CN(Cc1c(Cl)cccc1N(C)Cc1cc(Br)c(F)cn1)C(=O)OC(C)(C)C. The first-order chi connectivity index (χ1) is 13.0. The predicted octanol–water partition coefficient (Wildman–Crippen LogP) is 5.64. The molecule has 1 heterocycles. The van der Waals surface area contributed by atoms with Crippen molar-refractivity contribution in [3.05, 3.63) is 57.0 Å². The summed E-state index contributed by atoms with van der Waals surface area (Å²) in [7, 11) is 3.56. The molecule has 1 amide bonds. The maximum Gasteiger partial charge on any atom is 0.410 e. The van der Waals surface area contributed by atoms with Crippen molar-refractivity contribution in [3.8, 4) is 0 Å². The van der Waals surface area contributed by atoms with Crippen molar-refractivity contribution in [3.63, 3.8) is 0 Å². The van der Waals surface area contributed by atoms with E-state index in [1.54, 1.807) is 19.2 Å². The van der Waals surface area contributed by atoms with Crippen molar-refractivity contribution in [2.75, 3.05) is 19.0 Å². The number of amides is 1. The third-order valence-corrected chi connectivity index (χ3v) is 4.83. The number of benzene rings is 1. The van der Waals surface area contributed by atoms with E-state index in [1.165, 1.54) is 11.1 Å². The first-order valence-corrected chi connectivity index (χ1v) is 9.87. The van der Waals surface area contributed by atoms with Gasteiger partial charge in [0.15, 0.2) is 5.82 Å². The molecule has 0 spiro atoms. The first kappa shape index (κ1) is 22.4. The minimum atomic E-state index is -0.576. The second-order valence-corrected chi connectivity index (χ2v) is 8.78. The zero-order valence-electron chi connectivity index (χ0n) is 16.6. The second-order valence-electron chi connectivity index (χ2n) is 7.52. The number of halogens is 3. The van der Waals surface area contributed by atoms with Crippen LogP contribution in [0.3, 0.4) is 0 Å². The Labute approximate surface area is 178 Å². The van der Waals surface area contributed by atoms with Crippen LogP contribution in [0.15, 0.2) is 34.9 Å². The molecule has 0 fully saturated rings. The molecule has 2 aromatic rings. The van der Waals surface area contributed by atoms with Gasteiger partial charge in [0, 0.05) is 30.4 Å². The van der Waals surface area contributed by atoms with Crippen molar-refractivity contribution in [2.24, 2.45) is 0 Å². The fourth-order valence-electron chi connectivity index (χ4n) is 2.57. The van der Waals surface area contributed by atoms with Gasteiger partial charge in [-0.3, -0.25) is 4.98 Å². The minimum Gasteiger partial charge on any atom is -0.444 e. The zero-order chi connectivity index (χ0) is 21.1. The molecule has 0 aliphatic carbocycles. The van der Waals surface area contributed by atoms with E-state index in [2.05, 4.69) is 20.9 Å². The average Bonchev–Trinajstić information content (AvgIpc) is 2.58. The van der Waals surface area contributed by atoms with Crippen LogP contribution in [0.25, 0.3) is 0 Å². The summed E-state index contributed by atoms with van der Waals surface area (Å²) in [5.41, 5.74) is 1.76. The van der Waals surface area contributed by atoms with Crippen molar-refractivity contribution in [1.29, 1.82) is 0 Å². The Bertz CT molecular complexity index is 858. The van der Waals surface area contributed by atoms with Gasteiger partial charge in [0.1, 0.15) is 5.60 Å². The molecule has 0 aliphatic rings. The van der Waals surface area contributed by atoms with Gasteiger partial charge < -0.3 is 14.5 Å². The molecule has 0 aliphatic heterocycles. The van der Waals surface area contributed by atoms with Crippen molar-refractivity contribution < 1.29 is 13.9 Å². The smallest absolute Gasteiger partial charge is 0.410 e. The molecular formula is C20H24BrClFN3O2. The van der Waals surface area contributed by atoms with Crippen molar-refractivity contribution in [2.45, 2.75) is 39.5 Å². The van der Waals surface area contributed by atoms with Crippen LogP contribution in [0.4, 0.5) is 14.9 Å². The average molecular weight is 473 g/mol. The number of aromatic nitrogens is 1. The predicted molar refractivity (Wildman–Crippen MR) is 113 cm³/mol. The normalized spacial score (nSPS) is 11.3. The third-order valence-electron chi connectivity index (χ3n) is 3.87.